The third-order valence-electron chi connectivity index (χ3n) is 4.46. The van der Waals surface area contributed by atoms with Gasteiger partial charge in [0.05, 0.1) is 54.6 Å². The molecule has 0 bridgehead atoms. The minimum atomic E-state index is -1.16. The number of esters is 2. The molecule has 0 aliphatic carbocycles. The van der Waals surface area contributed by atoms with Crippen molar-refractivity contribution >= 4 is 23.9 Å². The number of aliphatic carboxylic acids is 2. The summed E-state index contributed by atoms with van der Waals surface area (Å²) in [6, 6.07) is 0. The van der Waals surface area contributed by atoms with Crippen LogP contribution in [0, 0.1) is 11.8 Å². The molecule has 10 heteroatoms. The number of rotatable bonds is 15. The van der Waals surface area contributed by atoms with E-state index in [1.807, 2.05) is 56.1 Å². The summed E-state index contributed by atoms with van der Waals surface area (Å²) in [5, 5.41) is 18.9. The highest BCUT2D eigenvalue weighted by atomic mass is 16.6. The molecule has 10 nitrogen and oxygen atoms in total. The number of carbonyl (C=O) groups is 4. The first kappa shape index (κ1) is 29.8. The van der Waals surface area contributed by atoms with Crippen molar-refractivity contribution < 1.29 is 47.8 Å². The molecule has 0 spiro atoms. The average Bonchev–Trinajstić information content (AvgIpc) is 2.49. The van der Waals surface area contributed by atoms with E-state index in [0.29, 0.717) is 15.5 Å². The van der Waals surface area contributed by atoms with Crippen molar-refractivity contribution in [3.8, 4) is 0 Å². The van der Waals surface area contributed by atoms with Crippen molar-refractivity contribution in [2.24, 2.45) is 11.8 Å². The van der Waals surface area contributed by atoms with Crippen molar-refractivity contribution in [3.63, 3.8) is 0 Å². The molecule has 0 aromatic carbocycles. The van der Waals surface area contributed by atoms with Crippen molar-refractivity contribution in [3.05, 3.63) is 0 Å². The molecule has 0 fully saturated rings. The number of ether oxygens (including phenoxy) is 2. The predicted octanol–water partition coefficient (Wildman–Crippen LogP) is 1.22. The maximum absolute atomic E-state index is 12.4. The maximum atomic E-state index is 12.4. The van der Waals surface area contributed by atoms with Gasteiger partial charge in [0.2, 0.25) is 0 Å². The van der Waals surface area contributed by atoms with E-state index in [2.05, 4.69) is 0 Å². The fraction of sp³-hybridized carbons (Fsp3) is 0.818. The zero-order chi connectivity index (χ0) is 25.3. The Morgan fingerprint density at radius 2 is 1.31 bits per heavy atom. The zero-order valence-corrected chi connectivity index (χ0v) is 20.8. The summed E-state index contributed by atoms with van der Waals surface area (Å²) in [7, 11) is 11.1. The van der Waals surface area contributed by atoms with Gasteiger partial charge in [-0.15, -0.1) is 0 Å². The smallest absolute Gasteiger partial charge is 0.310 e. The Bertz CT molecular complexity index is 649. The van der Waals surface area contributed by atoms with Gasteiger partial charge in [0, 0.05) is 12.8 Å². The van der Waals surface area contributed by atoms with Crippen LogP contribution < -0.4 is 0 Å². The van der Waals surface area contributed by atoms with Crippen molar-refractivity contribution in [1.82, 2.24) is 0 Å². The van der Waals surface area contributed by atoms with E-state index in [1.165, 1.54) is 0 Å². The second-order valence-corrected chi connectivity index (χ2v) is 10.8. The number of hydrogen-bond acceptors (Lipinski definition) is 6. The number of likely N-dealkylation sites (N-methyl/N-ethyl adjacent to an activating group) is 2. The van der Waals surface area contributed by atoms with E-state index in [4.69, 9.17) is 14.6 Å². The van der Waals surface area contributed by atoms with Gasteiger partial charge in [-0.1, -0.05) is 13.8 Å². The normalized spacial score (nSPS) is 15.0. The fourth-order valence-electron chi connectivity index (χ4n) is 3.27. The van der Waals surface area contributed by atoms with Gasteiger partial charge in [-0.2, -0.15) is 0 Å². The topological polar surface area (TPSA) is 127 Å². The molecule has 186 valence electrons. The summed E-state index contributed by atoms with van der Waals surface area (Å²) in [5.74, 6) is -4.42. The second-order valence-electron chi connectivity index (χ2n) is 10.8. The number of hydrogen-bond donors (Lipinski definition) is 2. The standard InChI is InChI=1S/C22H40N2O8/c1-15(2)11-21(28)32-18(14-24(6,7)8)17(22(29)30)9-10-20(27)31-16(12-19(25)26)13-23(3,4)5/h15-18H,9-14H2,1-8H3/p+2. The van der Waals surface area contributed by atoms with Crippen LogP contribution in [-0.2, 0) is 28.7 Å². The zero-order valence-electron chi connectivity index (χ0n) is 20.8. The summed E-state index contributed by atoms with van der Waals surface area (Å²) in [4.78, 5) is 47.7. The first-order chi connectivity index (χ1) is 14.4. The van der Waals surface area contributed by atoms with Gasteiger partial charge in [0.25, 0.3) is 0 Å². The largest absolute Gasteiger partial charge is 0.481 e. The lowest BCUT2D eigenvalue weighted by Gasteiger charge is -2.32. The molecule has 3 unspecified atom stereocenters. The molecular formula is C22H42N2O8+2. The molecule has 32 heavy (non-hydrogen) atoms. The first-order valence-corrected chi connectivity index (χ1v) is 10.8. The van der Waals surface area contributed by atoms with E-state index < -0.39 is 42.0 Å². The van der Waals surface area contributed by atoms with E-state index in [9.17, 15) is 24.3 Å². The highest BCUT2D eigenvalue weighted by molar-refractivity contribution is 5.75. The van der Waals surface area contributed by atoms with Crippen LogP contribution in [0.5, 0.6) is 0 Å². The minimum Gasteiger partial charge on any atom is -0.481 e. The lowest BCUT2D eigenvalue weighted by atomic mass is 9.95. The molecule has 3 atom stereocenters. The molecule has 0 aliphatic heterocycles. The Kier molecular flexibility index (Phi) is 11.9. The van der Waals surface area contributed by atoms with Crippen molar-refractivity contribution in [2.75, 3.05) is 55.4 Å². The Hall–Kier alpha value is -2.20. The van der Waals surface area contributed by atoms with Gasteiger partial charge in [-0.25, -0.2) is 0 Å². The molecule has 0 saturated carbocycles. The van der Waals surface area contributed by atoms with E-state index in [-0.39, 0.29) is 38.1 Å². The van der Waals surface area contributed by atoms with E-state index >= 15 is 0 Å². The summed E-state index contributed by atoms with van der Waals surface area (Å²) in [5.41, 5.74) is 0. The highest BCUT2D eigenvalue weighted by Gasteiger charge is 2.36. The van der Waals surface area contributed by atoms with Gasteiger partial charge >= 0.3 is 23.9 Å². The number of carbonyl (C=O) groups excluding carboxylic acids is 2. The Labute approximate surface area is 191 Å². The summed E-state index contributed by atoms with van der Waals surface area (Å²) in [6.07, 6.45) is -2.20. The Morgan fingerprint density at radius 1 is 0.781 bits per heavy atom. The van der Waals surface area contributed by atoms with E-state index in [1.54, 1.807) is 0 Å². The molecule has 2 N–H and O–H groups in total. The molecule has 0 aromatic rings. The van der Waals surface area contributed by atoms with Crippen molar-refractivity contribution in [2.45, 2.75) is 51.7 Å². The lowest BCUT2D eigenvalue weighted by Crippen LogP contribution is -2.48. The summed E-state index contributed by atoms with van der Waals surface area (Å²) < 4.78 is 11.6. The van der Waals surface area contributed by atoms with Crippen LogP contribution >= 0.6 is 0 Å². The SMILES string of the molecule is CC(C)CC(=O)OC(C[N+](C)(C)C)C(CCC(=O)OC(CC(=O)O)C[N+](C)(C)C)C(=O)O. The fourth-order valence-corrected chi connectivity index (χ4v) is 3.27. The van der Waals surface area contributed by atoms with Gasteiger partial charge in [0.15, 0.2) is 12.2 Å². The Morgan fingerprint density at radius 3 is 1.72 bits per heavy atom. The van der Waals surface area contributed by atoms with Crippen LogP contribution in [-0.4, -0.2) is 111 Å². The predicted molar refractivity (Wildman–Crippen MR) is 118 cm³/mol. The number of nitrogens with zero attached hydrogens (tertiary/aromatic N) is 2. The first-order valence-electron chi connectivity index (χ1n) is 10.8. The van der Waals surface area contributed by atoms with Crippen LogP contribution in [0.25, 0.3) is 0 Å². The number of quaternary nitrogens is 2. The van der Waals surface area contributed by atoms with Gasteiger partial charge in [0.1, 0.15) is 13.1 Å². The minimum absolute atomic E-state index is 0.0675. The number of carboxylic acids is 2. The average molecular weight is 463 g/mol. The van der Waals surface area contributed by atoms with Crippen LogP contribution in [0.3, 0.4) is 0 Å². The second kappa shape index (κ2) is 12.7. The molecule has 0 amide bonds. The maximum Gasteiger partial charge on any atom is 0.310 e. The number of carboxylic acid groups (broad SMARTS) is 2. The van der Waals surface area contributed by atoms with Crippen LogP contribution in [0.4, 0.5) is 0 Å². The molecule has 0 saturated heterocycles. The molecular weight excluding hydrogens is 420 g/mol. The molecule has 0 aromatic heterocycles. The highest BCUT2D eigenvalue weighted by Crippen LogP contribution is 2.20. The van der Waals surface area contributed by atoms with Crippen LogP contribution in [0.15, 0.2) is 0 Å². The van der Waals surface area contributed by atoms with Gasteiger partial charge < -0.3 is 28.7 Å². The monoisotopic (exact) mass is 462 g/mol. The molecule has 0 aliphatic rings. The van der Waals surface area contributed by atoms with Crippen LogP contribution in [0.1, 0.15) is 39.5 Å². The summed E-state index contributed by atoms with van der Waals surface area (Å²) >= 11 is 0. The van der Waals surface area contributed by atoms with Crippen LogP contribution in [0.2, 0.25) is 0 Å². The van der Waals surface area contributed by atoms with E-state index in [0.717, 1.165) is 0 Å². The third-order valence-corrected chi connectivity index (χ3v) is 4.46. The lowest BCUT2D eigenvalue weighted by molar-refractivity contribution is -0.873. The quantitative estimate of drug-likeness (QED) is 0.275. The third kappa shape index (κ3) is 14.7. The molecule has 0 heterocycles. The van der Waals surface area contributed by atoms with Gasteiger partial charge in [-0.05, 0) is 12.3 Å². The molecule has 0 radical (unpaired) electrons. The molecule has 0 rings (SSSR count). The summed E-state index contributed by atoms with van der Waals surface area (Å²) in [6.45, 7) is 4.30. The van der Waals surface area contributed by atoms with Crippen molar-refractivity contribution in [1.29, 1.82) is 0 Å². The Balaban J connectivity index is 5.31. The van der Waals surface area contributed by atoms with Gasteiger partial charge in [-0.3, -0.25) is 19.2 Å².